The third-order valence-corrected chi connectivity index (χ3v) is 3.06. The van der Waals surface area contributed by atoms with Crippen LogP contribution in [0.5, 0.6) is 0 Å². The van der Waals surface area contributed by atoms with Gasteiger partial charge in [0.25, 0.3) is 0 Å². The molecule has 3 N–H and O–H groups in total. The topological polar surface area (TPSA) is 64.3 Å². The molecule has 0 saturated carbocycles. The molecule has 0 aliphatic carbocycles. The van der Waals surface area contributed by atoms with E-state index >= 15 is 0 Å². The Hall–Kier alpha value is -1.26. The Morgan fingerprint density at radius 3 is 2.70 bits per heavy atom. The molecule has 1 rings (SSSR count). The summed E-state index contributed by atoms with van der Waals surface area (Å²) in [6, 6.07) is 4.99. The number of ether oxygens (including phenoxy) is 1. The van der Waals surface area contributed by atoms with Gasteiger partial charge in [0.05, 0.1) is 30.5 Å². The first-order valence-electron chi connectivity index (χ1n) is 6.85. The Kier molecular flexibility index (Phi) is 6.82. The van der Waals surface area contributed by atoms with Crippen LogP contribution >= 0.6 is 11.6 Å². The summed E-state index contributed by atoms with van der Waals surface area (Å²) in [6.07, 6.45) is 1.47. The van der Waals surface area contributed by atoms with E-state index in [0.717, 1.165) is 6.42 Å². The van der Waals surface area contributed by atoms with E-state index in [9.17, 15) is 4.79 Å². The number of rotatable bonds is 7. The van der Waals surface area contributed by atoms with Gasteiger partial charge in [-0.3, -0.25) is 4.79 Å². The maximum absolute atomic E-state index is 11.8. The molecule has 0 spiro atoms. The van der Waals surface area contributed by atoms with Crippen LogP contribution in [0.1, 0.15) is 33.6 Å². The predicted molar refractivity (Wildman–Crippen MR) is 84.0 cm³/mol. The van der Waals surface area contributed by atoms with Gasteiger partial charge in [0.15, 0.2) is 0 Å². The van der Waals surface area contributed by atoms with Gasteiger partial charge in [-0.25, -0.2) is 0 Å². The molecule has 4 nitrogen and oxygen atoms in total. The van der Waals surface area contributed by atoms with Crippen LogP contribution in [0.2, 0.25) is 5.02 Å². The quantitative estimate of drug-likeness (QED) is 0.754. The molecule has 0 heterocycles. The first-order valence-corrected chi connectivity index (χ1v) is 7.22. The summed E-state index contributed by atoms with van der Waals surface area (Å²) in [5.74, 6) is 0.475. The smallest absolute Gasteiger partial charge is 0.226 e. The first-order chi connectivity index (χ1) is 9.38. The summed E-state index contributed by atoms with van der Waals surface area (Å²) >= 11 is 5.80. The number of carbonyl (C=O) groups is 1. The third-order valence-electron chi connectivity index (χ3n) is 2.82. The van der Waals surface area contributed by atoms with Gasteiger partial charge in [-0.1, -0.05) is 25.4 Å². The molecule has 5 heteroatoms. The van der Waals surface area contributed by atoms with E-state index in [1.807, 2.05) is 6.92 Å². The summed E-state index contributed by atoms with van der Waals surface area (Å²) in [7, 11) is 0. The lowest BCUT2D eigenvalue weighted by Crippen LogP contribution is -2.18. The van der Waals surface area contributed by atoms with Crippen molar-refractivity contribution >= 4 is 28.9 Å². The molecule has 0 aromatic heterocycles. The number of hydrogen-bond acceptors (Lipinski definition) is 3. The molecule has 1 aromatic carbocycles. The summed E-state index contributed by atoms with van der Waals surface area (Å²) in [5.41, 5.74) is 6.81. The van der Waals surface area contributed by atoms with Crippen LogP contribution < -0.4 is 11.1 Å². The Morgan fingerprint density at radius 1 is 1.40 bits per heavy atom. The fraction of sp³-hybridized carbons (Fsp3) is 0.533. The second-order valence-corrected chi connectivity index (χ2v) is 5.78. The molecule has 1 amide bonds. The molecule has 1 atom stereocenters. The highest BCUT2D eigenvalue weighted by atomic mass is 35.5. The number of hydrogen-bond donors (Lipinski definition) is 2. The zero-order valence-corrected chi connectivity index (χ0v) is 13.0. The molecular formula is C15H23ClN2O2. The number of nitrogens with two attached hydrogens (primary N) is 1. The number of amides is 1. The van der Waals surface area contributed by atoms with E-state index in [-0.39, 0.29) is 12.0 Å². The molecule has 0 fully saturated rings. The van der Waals surface area contributed by atoms with E-state index < -0.39 is 0 Å². The largest absolute Gasteiger partial charge is 0.397 e. The standard InChI is InChI=1S/C15H23ClN2O2/c1-10(2)8-11(3)20-7-6-15(19)18-14-5-4-12(16)9-13(14)17/h4-5,9-11H,6-8,17H2,1-3H3,(H,18,19)/t11-/m0/s1. The van der Waals surface area contributed by atoms with E-state index in [2.05, 4.69) is 19.2 Å². The summed E-state index contributed by atoms with van der Waals surface area (Å²) in [6.45, 7) is 6.73. The minimum Gasteiger partial charge on any atom is -0.397 e. The lowest BCUT2D eigenvalue weighted by Gasteiger charge is -2.15. The van der Waals surface area contributed by atoms with Crippen molar-refractivity contribution in [2.45, 2.75) is 39.7 Å². The van der Waals surface area contributed by atoms with E-state index in [4.69, 9.17) is 22.1 Å². The van der Waals surface area contributed by atoms with Crippen molar-refractivity contribution in [2.24, 2.45) is 5.92 Å². The van der Waals surface area contributed by atoms with Gasteiger partial charge in [-0.2, -0.15) is 0 Å². The minimum atomic E-state index is -0.115. The summed E-state index contributed by atoms with van der Waals surface area (Å²) < 4.78 is 5.60. The van der Waals surface area contributed by atoms with Crippen LogP contribution in [-0.4, -0.2) is 18.6 Å². The maximum atomic E-state index is 11.8. The van der Waals surface area contributed by atoms with Crippen molar-refractivity contribution in [2.75, 3.05) is 17.7 Å². The normalized spacial score (nSPS) is 12.4. The molecule has 0 unspecified atom stereocenters. The number of halogens is 1. The average molecular weight is 299 g/mol. The fourth-order valence-corrected chi connectivity index (χ4v) is 2.13. The monoisotopic (exact) mass is 298 g/mol. The van der Waals surface area contributed by atoms with Gasteiger partial charge in [0.1, 0.15) is 0 Å². The van der Waals surface area contributed by atoms with Crippen molar-refractivity contribution in [3.63, 3.8) is 0 Å². The Bertz CT molecular complexity index is 449. The van der Waals surface area contributed by atoms with Crippen LogP contribution in [0.4, 0.5) is 11.4 Å². The highest BCUT2D eigenvalue weighted by molar-refractivity contribution is 6.31. The van der Waals surface area contributed by atoms with Crippen molar-refractivity contribution in [1.29, 1.82) is 0 Å². The van der Waals surface area contributed by atoms with Crippen LogP contribution in [0, 0.1) is 5.92 Å². The Labute approximate surface area is 125 Å². The lowest BCUT2D eigenvalue weighted by atomic mass is 10.1. The molecule has 0 bridgehead atoms. The molecule has 20 heavy (non-hydrogen) atoms. The molecule has 1 aromatic rings. The number of nitrogen functional groups attached to an aromatic ring is 1. The van der Waals surface area contributed by atoms with Gasteiger partial charge >= 0.3 is 0 Å². The molecule has 0 aliphatic rings. The van der Waals surface area contributed by atoms with Gasteiger partial charge in [0.2, 0.25) is 5.91 Å². The van der Waals surface area contributed by atoms with Crippen molar-refractivity contribution in [3.8, 4) is 0 Å². The minimum absolute atomic E-state index is 0.115. The number of benzene rings is 1. The number of anilines is 2. The molecule has 0 radical (unpaired) electrons. The average Bonchev–Trinajstić information content (AvgIpc) is 2.31. The van der Waals surface area contributed by atoms with E-state index in [0.29, 0.717) is 35.3 Å². The zero-order valence-electron chi connectivity index (χ0n) is 12.3. The van der Waals surface area contributed by atoms with Crippen LogP contribution in [0.15, 0.2) is 18.2 Å². The summed E-state index contributed by atoms with van der Waals surface area (Å²) in [5, 5.41) is 3.30. The first kappa shape index (κ1) is 16.8. The van der Waals surface area contributed by atoms with Gasteiger partial charge in [-0.15, -0.1) is 0 Å². The zero-order chi connectivity index (χ0) is 15.1. The highest BCUT2D eigenvalue weighted by Crippen LogP contribution is 2.22. The van der Waals surface area contributed by atoms with Gasteiger partial charge < -0.3 is 15.8 Å². The second kappa shape index (κ2) is 8.12. The Morgan fingerprint density at radius 2 is 2.10 bits per heavy atom. The SMILES string of the molecule is CC(C)C[C@H](C)OCCC(=O)Nc1ccc(Cl)cc1N. The summed E-state index contributed by atoms with van der Waals surface area (Å²) in [4.78, 5) is 11.8. The molecule has 112 valence electrons. The van der Waals surface area contributed by atoms with Crippen LogP contribution in [-0.2, 0) is 9.53 Å². The van der Waals surface area contributed by atoms with Crippen molar-refractivity contribution < 1.29 is 9.53 Å². The molecular weight excluding hydrogens is 276 g/mol. The van der Waals surface area contributed by atoms with E-state index in [1.165, 1.54) is 0 Å². The predicted octanol–water partition coefficient (Wildman–Crippen LogP) is 3.70. The number of carbonyl (C=O) groups excluding carboxylic acids is 1. The third kappa shape index (κ3) is 6.26. The second-order valence-electron chi connectivity index (χ2n) is 5.34. The lowest BCUT2D eigenvalue weighted by molar-refractivity contribution is -0.117. The van der Waals surface area contributed by atoms with Gasteiger partial charge in [-0.05, 0) is 37.5 Å². The van der Waals surface area contributed by atoms with E-state index in [1.54, 1.807) is 18.2 Å². The van der Waals surface area contributed by atoms with Crippen molar-refractivity contribution in [3.05, 3.63) is 23.2 Å². The van der Waals surface area contributed by atoms with Gasteiger partial charge in [0, 0.05) is 5.02 Å². The fourth-order valence-electron chi connectivity index (χ4n) is 1.94. The highest BCUT2D eigenvalue weighted by Gasteiger charge is 2.08. The maximum Gasteiger partial charge on any atom is 0.226 e. The van der Waals surface area contributed by atoms with Crippen LogP contribution in [0.25, 0.3) is 0 Å². The Balaban J connectivity index is 2.33. The number of nitrogens with one attached hydrogen (secondary N) is 1. The molecule has 0 aliphatic heterocycles. The van der Waals surface area contributed by atoms with Crippen molar-refractivity contribution in [1.82, 2.24) is 0 Å². The van der Waals surface area contributed by atoms with Crippen LogP contribution in [0.3, 0.4) is 0 Å². The molecule has 0 saturated heterocycles.